The van der Waals surface area contributed by atoms with Crippen LogP contribution in [0.15, 0.2) is 39.3 Å². The van der Waals surface area contributed by atoms with Crippen molar-refractivity contribution in [2.24, 2.45) is 0 Å². The number of hydrogen-bond acceptors (Lipinski definition) is 3. The van der Waals surface area contributed by atoms with Gasteiger partial charge in [-0.2, -0.15) is 0 Å². The van der Waals surface area contributed by atoms with Crippen molar-refractivity contribution >= 4 is 48.9 Å². The normalized spacial score (nSPS) is 10.4. The Hall–Kier alpha value is -1.27. The van der Waals surface area contributed by atoms with Gasteiger partial charge in [-0.15, -0.1) is 0 Å². The fraction of sp³-hybridized carbons (Fsp3) is 0.143. The first-order valence-corrected chi connectivity index (χ1v) is 7.53. The molecule has 0 aromatic heterocycles. The first-order chi connectivity index (χ1) is 9.51. The van der Waals surface area contributed by atoms with E-state index in [1.807, 2.05) is 18.2 Å². The largest absolute Gasteiger partial charge is 0.491 e. The number of nitrogens with one attached hydrogen (secondary N) is 1. The van der Waals surface area contributed by atoms with Gasteiger partial charge in [0.2, 0.25) is 0 Å². The second-order valence-electron chi connectivity index (χ2n) is 4.05. The molecule has 2 aromatic rings. The minimum atomic E-state index is -0.469. The van der Waals surface area contributed by atoms with Crippen LogP contribution in [0, 0.1) is 5.82 Å². The summed E-state index contributed by atoms with van der Waals surface area (Å²) in [5.74, 6) is -0.293. The van der Waals surface area contributed by atoms with E-state index in [9.17, 15) is 4.39 Å². The Balaban J connectivity index is 2.37. The Morgan fingerprint density at radius 3 is 2.65 bits per heavy atom. The van der Waals surface area contributed by atoms with Crippen molar-refractivity contribution in [2.45, 2.75) is 6.92 Å². The lowest BCUT2D eigenvalue weighted by molar-refractivity contribution is 0.322. The first-order valence-electron chi connectivity index (χ1n) is 5.95. The molecule has 0 atom stereocenters. The highest BCUT2D eigenvalue weighted by Crippen LogP contribution is 2.34. The second-order valence-corrected chi connectivity index (χ2v) is 5.82. The molecule has 6 heteroatoms. The van der Waals surface area contributed by atoms with Crippen molar-refractivity contribution in [3.8, 4) is 5.75 Å². The van der Waals surface area contributed by atoms with Crippen LogP contribution in [0.2, 0.25) is 0 Å². The molecule has 0 saturated heterocycles. The van der Waals surface area contributed by atoms with E-state index in [0.717, 1.165) is 14.6 Å². The quantitative estimate of drug-likeness (QED) is 0.700. The minimum Gasteiger partial charge on any atom is -0.491 e. The van der Waals surface area contributed by atoms with E-state index in [0.29, 0.717) is 18.0 Å². The molecule has 3 N–H and O–H groups in total. The molecule has 20 heavy (non-hydrogen) atoms. The molecule has 0 saturated carbocycles. The molecule has 0 amide bonds. The van der Waals surface area contributed by atoms with E-state index in [-0.39, 0.29) is 5.75 Å². The van der Waals surface area contributed by atoms with E-state index in [4.69, 9.17) is 10.5 Å². The molecule has 0 spiro atoms. The van der Waals surface area contributed by atoms with Gasteiger partial charge in [-0.05, 0) is 41.1 Å². The number of nitrogen functional groups attached to an aromatic ring is 1. The molecule has 3 nitrogen and oxygen atoms in total. The lowest BCUT2D eigenvalue weighted by atomic mass is 10.2. The van der Waals surface area contributed by atoms with E-state index >= 15 is 0 Å². The summed E-state index contributed by atoms with van der Waals surface area (Å²) in [4.78, 5) is 0. The Morgan fingerprint density at radius 2 is 1.95 bits per heavy atom. The van der Waals surface area contributed by atoms with Crippen LogP contribution in [0.4, 0.5) is 21.5 Å². The molecule has 0 radical (unpaired) electrons. The third-order valence-electron chi connectivity index (χ3n) is 2.60. The summed E-state index contributed by atoms with van der Waals surface area (Å²) in [6, 6.07) is 8.51. The Kier molecular flexibility index (Phi) is 4.88. The van der Waals surface area contributed by atoms with Crippen molar-refractivity contribution in [3.63, 3.8) is 0 Å². The van der Waals surface area contributed by atoms with Gasteiger partial charge in [0.15, 0.2) is 11.6 Å². The highest BCUT2D eigenvalue weighted by Gasteiger charge is 2.10. The maximum Gasteiger partial charge on any atom is 0.167 e. The molecule has 0 heterocycles. The monoisotopic (exact) mass is 402 g/mol. The van der Waals surface area contributed by atoms with E-state index in [2.05, 4.69) is 37.2 Å². The molecular weight excluding hydrogens is 391 g/mol. The van der Waals surface area contributed by atoms with Gasteiger partial charge in [0.05, 0.1) is 23.7 Å². The number of rotatable bonds is 4. The van der Waals surface area contributed by atoms with E-state index in [1.54, 1.807) is 13.0 Å². The Labute approximate surface area is 133 Å². The van der Waals surface area contributed by atoms with Gasteiger partial charge in [0, 0.05) is 21.1 Å². The number of benzene rings is 2. The highest BCUT2D eigenvalue weighted by molar-refractivity contribution is 9.11. The van der Waals surface area contributed by atoms with Crippen LogP contribution in [-0.2, 0) is 0 Å². The summed E-state index contributed by atoms with van der Waals surface area (Å²) in [6.07, 6.45) is 0. The molecule has 0 aliphatic heterocycles. The van der Waals surface area contributed by atoms with Crippen molar-refractivity contribution in [1.29, 1.82) is 0 Å². The van der Waals surface area contributed by atoms with E-state index < -0.39 is 5.82 Å². The van der Waals surface area contributed by atoms with Gasteiger partial charge in [0.1, 0.15) is 0 Å². The van der Waals surface area contributed by atoms with Crippen molar-refractivity contribution in [3.05, 3.63) is 45.1 Å². The van der Waals surface area contributed by atoms with Crippen LogP contribution in [0.1, 0.15) is 6.92 Å². The van der Waals surface area contributed by atoms with Crippen LogP contribution in [-0.4, -0.2) is 6.61 Å². The smallest absolute Gasteiger partial charge is 0.167 e. The summed E-state index contributed by atoms with van der Waals surface area (Å²) in [5.41, 5.74) is 7.57. The summed E-state index contributed by atoms with van der Waals surface area (Å²) in [5, 5.41) is 3.16. The lowest BCUT2D eigenvalue weighted by Gasteiger charge is -2.14. The van der Waals surface area contributed by atoms with Crippen LogP contribution >= 0.6 is 31.9 Å². The zero-order valence-electron chi connectivity index (χ0n) is 10.7. The summed E-state index contributed by atoms with van der Waals surface area (Å²) >= 11 is 6.85. The summed E-state index contributed by atoms with van der Waals surface area (Å²) < 4.78 is 20.7. The number of anilines is 3. The third kappa shape index (κ3) is 3.43. The van der Waals surface area contributed by atoms with Gasteiger partial charge in [-0.3, -0.25) is 0 Å². The van der Waals surface area contributed by atoms with Crippen molar-refractivity contribution in [1.82, 2.24) is 0 Å². The minimum absolute atomic E-state index is 0.176. The van der Waals surface area contributed by atoms with Crippen LogP contribution in [0.5, 0.6) is 5.75 Å². The average molecular weight is 404 g/mol. The Bertz CT molecular complexity index is 635. The Morgan fingerprint density at radius 1 is 1.20 bits per heavy atom. The molecule has 0 fully saturated rings. The second kappa shape index (κ2) is 6.45. The van der Waals surface area contributed by atoms with Crippen molar-refractivity contribution in [2.75, 3.05) is 17.7 Å². The van der Waals surface area contributed by atoms with E-state index in [1.165, 1.54) is 6.07 Å². The highest BCUT2D eigenvalue weighted by atomic mass is 79.9. The lowest BCUT2D eigenvalue weighted by Crippen LogP contribution is -2.01. The molecule has 0 unspecified atom stereocenters. The zero-order valence-corrected chi connectivity index (χ0v) is 13.9. The summed E-state index contributed by atoms with van der Waals surface area (Å²) in [7, 11) is 0. The van der Waals surface area contributed by atoms with Crippen molar-refractivity contribution < 1.29 is 9.13 Å². The predicted octanol–water partition coefficient (Wildman–Crippen LogP) is 5.08. The fourth-order valence-electron chi connectivity index (χ4n) is 1.68. The predicted molar refractivity (Wildman–Crippen MR) is 87.1 cm³/mol. The molecule has 0 aliphatic rings. The topological polar surface area (TPSA) is 47.3 Å². The fourth-order valence-corrected chi connectivity index (χ4v) is 2.39. The molecule has 106 valence electrons. The third-order valence-corrected chi connectivity index (χ3v) is 3.79. The number of hydrogen-bond donors (Lipinski definition) is 2. The molecule has 2 rings (SSSR count). The van der Waals surface area contributed by atoms with Crippen LogP contribution in [0.3, 0.4) is 0 Å². The van der Waals surface area contributed by atoms with Gasteiger partial charge < -0.3 is 15.8 Å². The SMILES string of the molecule is CCOc1cc(Nc2cc(Br)ccc2Br)c(N)cc1F. The maximum absolute atomic E-state index is 13.7. The number of ether oxygens (including phenoxy) is 1. The van der Waals surface area contributed by atoms with Gasteiger partial charge in [-0.1, -0.05) is 15.9 Å². The molecular formula is C14H13Br2FN2O. The van der Waals surface area contributed by atoms with Gasteiger partial charge in [0.25, 0.3) is 0 Å². The van der Waals surface area contributed by atoms with Gasteiger partial charge in [-0.25, -0.2) is 4.39 Å². The maximum atomic E-state index is 13.7. The molecule has 0 aliphatic carbocycles. The van der Waals surface area contributed by atoms with Crippen LogP contribution < -0.4 is 15.8 Å². The number of halogens is 3. The standard InChI is InChI=1S/C14H13Br2FN2O/c1-2-20-14-7-13(11(18)6-10(14)17)19-12-5-8(15)3-4-9(12)16/h3-7,19H,2,18H2,1H3. The summed E-state index contributed by atoms with van der Waals surface area (Å²) in [6.45, 7) is 2.19. The van der Waals surface area contributed by atoms with Crippen LogP contribution in [0.25, 0.3) is 0 Å². The zero-order chi connectivity index (χ0) is 14.7. The average Bonchev–Trinajstić information content (AvgIpc) is 2.39. The first kappa shape index (κ1) is 15.1. The molecule has 2 aromatic carbocycles. The molecule has 0 bridgehead atoms. The number of nitrogens with two attached hydrogens (primary N) is 1. The van der Waals surface area contributed by atoms with Gasteiger partial charge >= 0.3 is 0 Å².